The second-order valence-corrected chi connectivity index (χ2v) is 5.81. The fraction of sp³-hybridized carbons (Fsp3) is 0.273. The maximum atomic E-state index is 12.1. The van der Waals surface area contributed by atoms with Gasteiger partial charge in [-0.1, -0.05) is 6.92 Å². The van der Waals surface area contributed by atoms with Crippen LogP contribution in [-0.2, 0) is 16.4 Å². The van der Waals surface area contributed by atoms with Gasteiger partial charge in [0.1, 0.15) is 11.4 Å². The molecule has 0 atom stereocenters. The molecule has 0 amide bonds. The number of nitrogens with one attached hydrogen (secondary N) is 3. The molecule has 0 bridgehead atoms. The summed E-state index contributed by atoms with van der Waals surface area (Å²) in [6.07, 6.45) is 3.06. The predicted molar refractivity (Wildman–Crippen MR) is 71.3 cm³/mol. The second-order valence-electron chi connectivity index (χ2n) is 4.16. The maximum absolute atomic E-state index is 12.1. The van der Waals surface area contributed by atoms with Gasteiger partial charge in [-0.25, -0.2) is 9.78 Å². The number of carbonyl (C=O) groups is 1. The van der Waals surface area contributed by atoms with Crippen LogP contribution in [0.2, 0.25) is 0 Å². The molecule has 0 aromatic carbocycles. The number of rotatable bonds is 5. The Morgan fingerprint density at radius 1 is 1.50 bits per heavy atom. The fourth-order valence-electron chi connectivity index (χ4n) is 1.74. The Morgan fingerprint density at radius 3 is 2.75 bits per heavy atom. The van der Waals surface area contributed by atoms with Gasteiger partial charge < -0.3 is 15.1 Å². The normalized spacial score (nSPS) is 11.5. The molecule has 4 N–H and O–H groups in total. The smallest absolute Gasteiger partial charge is 0.339 e. The van der Waals surface area contributed by atoms with Gasteiger partial charge in [-0.05, 0) is 6.92 Å². The summed E-state index contributed by atoms with van der Waals surface area (Å²) in [7, 11) is -3.90. The number of anilines is 1. The lowest BCUT2D eigenvalue weighted by atomic mass is 10.2. The van der Waals surface area contributed by atoms with E-state index in [1.165, 1.54) is 12.4 Å². The first-order valence-corrected chi connectivity index (χ1v) is 7.31. The van der Waals surface area contributed by atoms with Crippen LogP contribution >= 0.6 is 0 Å². The van der Waals surface area contributed by atoms with Gasteiger partial charge in [0, 0.05) is 18.3 Å². The Hall–Kier alpha value is -2.29. The van der Waals surface area contributed by atoms with Gasteiger partial charge in [-0.15, -0.1) is 0 Å². The number of carboxylic acids is 1. The van der Waals surface area contributed by atoms with E-state index >= 15 is 0 Å². The average molecular weight is 298 g/mol. The van der Waals surface area contributed by atoms with Crippen LogP contribution < -0.4 is 4.72 Å². The van der Waals surface area contributed by atoms with Gasteiger partial charge >= 0.3 is 5.97 Å². The lowest BCUT2D eigenvalue weighted by molar-refractivity contribution is 0.0697. The first-order valence-electron chi connectivity index (χ1n) is 5.83. The number of aromatic nitrogens is 3. The van der Waals surface area contributed by atoms with E-state index < -0.39 is 16.0 Å². The van der Waals surface area contributed by atoms with E-state index in [4.69, 9.17) is 5.11 Å². The van der Waals surface area contributed by atoms with Crippen LogP contribution in [-0.4, -0.2) is 34.4 Å². The number of hydrogen-bond acceptors (Lipinski definition) is 4. The number of hydrogen-bond donors (Lipinski definition) is 4. The molecule has 20 heavy (non-hydrogen) atoms. The molecular weight excluding hydrogens is 284 g/mol. The SMILES string of the molecule is CCc1ncc(S(=O)(=O)Nc2c[nH]c(C)c2C(=O)O)[nH]1. The first kappa shape index (κ1) is 14.1. The molecule has 0 fully saturated rings. The van der Waals surface area contributed by atoms with Crippen LogP contribution in [0.5, 0.6) is 0 Å². The zero-order chi connectivity index (χ0) is 14.9. The Kier molecular flexibility index (Phi) is 3.53. The van der Waals surface area contributed by atoms with Crippen molar-refractivity contribution in [2.24, 2.45) is 0 Å². The van der Waals surface area contributed by atoms with Crippen molar-refractivity contribution in [1.29, 1.82) is 0 Å². The molecule has 2 rings (SSSR count). The largest absolute Gasteiger partial charge is 0.478 e. The van der Waals surface area contributed by atoms with Crippen LogP contribution in [0.1, 0.15) is 28.8 Å². The van der Waals surface area contributed by atoms with Crippen molar-refractivity contribution in [2.45, 2.75) is 25.3 Å². The topological polar surface area (TPSA) is 128 Å². The van der Waals surface area contributed by atoms with Crippen molar-refractivity contribution in [1.82, 2.24) is 15.0 Å². The van der Waals surface area contributed by atoms with E-state index in [1.54, 1.807) is 6.92 Å². The minimum Gasteiger partial charge on any atom is -0.478 e. The van der Waals surface area contributed by atoms with Gasteiger partial charge in [0.2, 0.25) is 0 Å². The molecule has 0 aliphatic heterocycles. The fourth-order valence-corrected chi connectivity index (χ4v) is 2.75. The number of carboxylic acid groups (broad SMARTS) is 1. The summed E-state index contributed by atoms with van der Waals surface area (Å²) in [5.74, 6) is -0.672. The third-order valence-electron chi connectivity index (χ3n) is 2.77. The molecule has 2 aromatic rings. The highest BCUT2D eigenvalue weighted by Crippen LogP contribution is 2.22. The van der Waals surface area contributed by atoms with Gasteiger partial charge in [0.25, 0.3) is 10.0 Å². The van der Waals surface area contributed by atoms with E-state index in [9.17, 15) is 13.2 Å². The van der Waals surface area contributed by atoms with Crippen LogP contribution in [0.25, 0.3) is 0 Å². The molecule has 0 spiro atoms. The third kappa shape index (κ3) is 2.52. The molecule has 8 nitrogen and oxygen atoms in total. The van der Waals surface area contributed by atoms with E-state index in [1.807, 2.05) is 6.92 Å². The Bertz CT molecular complexity index is 744. The van der Waals surface area contributed by atoms with Gasteiger partial charge in [0.05, 0.1) is 11.9 Å². The zero-order valence-corrected chi connectivity index (χ0v) is 11.7. The molecule has 9 heteroatoms. The molecule has 2 aromatic heterocycles. The van der Waals surface area contributed by atoms with Crippen molar-refractivity contribution < 1.29 is 18.3 Å². The third-order valence-corrected chi connectivity index (χ3v) is 4.04. The monoisotopic (exact) mass is 298 g/mol. The highest BCUT2D eigenvalue weighted by molar-refractivity contribution is 7.92. The van der Waals surface area contributed by atoms with Crippen LogP contribution in [0.4, 0.5) is 5.69 Å². The van der Waals surface area contributed by atoms with Crippen molar-refractivity contribution in [3.8, 4) is 0 Å². The Morgan fingerprint density at radius 2 is 2.20 bits per heavy atom. The van der Waals surface area contributed by atoms with E-state index in [0.717, 1.165) is 0 Å². The van der Waals surface area contributed by atoms with Gasteiger partial charge in [0.15, 0.2) is 5.03 Å². The minimum atomic E-state index is -3.90. The summed E-state index contributed by atoms with van der Waals surface area (Å²) < 4.78 is 26.5. The zero-order valence-electron chi connectivity index (χ0n) is 10.9. The van der Waals surface area contributed by atoms with Gasteiger partial charge in [-0.3, -0.25) is 4.72 Å². The van der Waals surface area contributed by atoms with Crippen molar-refractivity contribution in [3.63, 3.8) is 0 Å². The van der Waals surface area contributed by atoms with Gasteiger partial charge in [-0.2, -0.15) is 8.42 Å². The van der Waals surface area contributed by atoms with Crippen molar-refractivity contribution >= 4 is 21.7 Å². The van der Waals surface area contributed by atoms with Crippen LogP contribution in [0.15, 0.2) is 17.4 Å². The standard InChI is InChI=1S/C11H14N4O4S/c1-3-8-13-5-9(14-8)20(18,19)15-7-4-12-6(2)10(7)11(16)17/h4-5,12,15H,3H2,1-2H3,(H,13,14)(H,16,17). The molecule has 2 heterocycles. The summed E-state index contributed by atoms with van der Waals surface area (Å²) in [5.41, 5.74) is 0.250. The molecule has 0 saturated carbocycles. The number of sulfonamides is 1. The second kappa shape index (κ2) is 5.00. The van der Waals surface area contributed by atoms with E-state index in [2.05, 4.69) is 19.7 Å². The minimum absolute atomic E-state index is 0.0114. The quantitative estimate of drug-likeness (QED) is 0.657. The van der Waals surface area contributed by atoms with Crippen molar-refractivity contribution in [2.75, 3.05) is 4.72 Å². The Balaban J connectivity index is 2.36. The summed E-state index contributed by atoms with van der Waals surface area (Å²) in [5, 5.41) is 8.96. The molecule has 108 valence electrons. The molecule has 0 saturated heterocycles. The summed E-state index contributed by atoms with van der Waals surface area (Å²) in [6, 6.07) is 0. The lowest BCUT2D eigenvalue weighted by Gasteiger charge is -2.05. The summed E-state index contributed by atoms with van der Waals surface area (Å²) in [6.45, 7) is 3.38. The van der Waals surface area contributed by atoms with Crippen LogP contribution in [0, 0.1) is 6.92 Å². The van der Waals surface area contributed by atoms with Crippen LogP contribution in [0.3, 0.4) is 0 Å². The Labute approximate surface area is 115 Å². The van der Waals surface area contributed by atoms with E-state index in [0.29, 0.717) is 17.9 Å². The molecule has 0 radical (unpaired) electrons. The number of aryl methyl sites for hydroxylation is 2. The number of nitrogens with zero attached hydrogens (tertiary/aromatic N) is 1. The summed E-state index contributed by atoms with van der Waals surface area (Å²) >= 11 is 0. The predicted octanol–water partition coefficient (Wildman–Crippen LogP) is 1.11. The number of aromatic carboxylic acids is 1. The van der Waals surface area contributed by atoms with E-state index in [-0.39, 0.29) is 16.3 Å². The molecule has 0 aliphatic carbocycles. The number of aromatic amines is 2. The number of H-pyrrole nitrogens is 2. The molecular formula is C11H14N4O4S. The average Bonchev–Trinajstić information content (AvgIpc) is 2.96. The molecule has 0 aliphatic rings. The first-order chi connectivity index (χ1) is 9.35. The highest BCUT2D eigenvalue weighted by atomic mass is 32.2. The lowest BCUT2D eigenvalue weighted by Crippen LogP contribution is -2.15. The highest BCUT2D eigenvalue weighted by Gasteiger charge is 2.22. The molecule has 0 unspecified atom stereocenters. The maximum Gasteiger partial charge on any atom is 0.339 e. The van der Waals surface area contributed by atoms with Crippen molar-refractivity contribution in [3.05, 3.63) is 29.5 Å². The summed E-state index contributed by atoms with van der Waals surface area (Å²) in [4.78, 5) is 20.3. The number of imidazole rings is 1.